The van der Waals surface area contributed by atoms with Gasteiger partial charge >= 0.3 is 0 Å². The van der Waals surface area contributed by atoms with Gasteiger partial charge in [-0.05, 0) is 18.6 Å². The Kier molecular flexibility index (Phi) is 4.99. The summed E-state index contributed by atoms with van der Waals surface area (Å²) in [6.45, 7) is 5.39. The quantitative estimate of drug-likeness (QED) is 0.483. The molecule has 2 N–H and O–H groups in total. The lowest BCUT2D eigenvalue weighted by molar-refractivity contribution is 0.325. The number of hydrogen-bond acceptors (Lipinski definition) is 2. The number of hydrogen-bond donors (Lipinski definition) is 2. The van der Waals surface area contributed by atoms with Crippen molar-refractivity contribution in [2.24, 2.45) is 0 Å². The Morgan fingerprint density at radius 2 is 2.00 bits per heavy atom. The standard InChI is InChI=1S/C9H14O2/c1-3-5-7-9(11)8(10)6-4-2/h4,6-7,10-11H,2-3,5H2,1H3/b8-6+,9-7+. The van der Waals surface area contributed by atoms with Crippen LogP contribution >= 0.6 is 0 Å². The van der Waals surface area contributed by atoms with Crippen LogP contribution in [0.2, 0.25) is 0 Å². The molecule has 0 saturated heterocycles. The summed E-state index contributed by atoms with van der Waals surface area (Å²) < 4.78 is 0. The van der Waals surface area contributed by atoms with Crippen molar-refractivity contribution in [2.75, 3.05) is 0 Å². The Balaban J connectivity index is 4.10. The predicted molar refractivity (Wildman–Crippen MR) is 46.5 cm³/mol. The normalized spacial score (nSPS) is 13.2. The maximum absolute atomic E-state index is 9.07. The molecule has 0 fully saturated rings. The lowest BCUT2D eigenvalue weighted by atomic mass is 10.2. The zero-order valence-electron chi connectivity index (χ0n) is 6.75. The molecule has 0 rings (SSSR count). The van der Waals surface area contributed by atoms with E-state index in [4.69, 9.17) is 10.2 Å². The van der Waals surface area contributed by atoms with E-state index in [-0.39, 0.29) is 11.5 Å². The van der Waals surface area contributed by atoms with Crippen LogP contribution in [0, 0.1) is 0 Å². The van der Waals surface area contributed by atoms with Crippen molar-refractivity contribution in [2.45, 2.75) is 19.8 Å². The molecular formula is C9H14O2. The van der Waals surface area contributed by atoms with E-state index in [2.05, 4.69) is 6.58 Å². The summed E-state index contributed by atoms with van der Waals surface area (Å²) in [6.07, 6.45) is 6.06. The highest BCUT2D eigenvalue weighted by Crippen LogP contribution is 2.04. The van der Waals surface area contributed by atoms with Gasteiger partial charge in [0.25, 0.3) is 0 Å². The van der Waals surface area contributed by atoms with Crippen molar-refractivity contribution in [3.05, 3.63) is 36.3 Å². The van der Waals surface area contributed by atoms with Crippen molar-refractivity contribution in [3.8, 4) is 0 Å². The smallest absolute Gasteiger partial charge is 0.157 e. The van der Waals surface area contributed by atoms with Crippen LogP contribution in [0.25, 0.3) is 0 Å². The molecule has 0 saturated carbocycles. The van der Waals surface area contributed by atoms with Crippen molar-refractivity contribution in [1.29, 1.82) is 0 Å². The van der Waals surface area contributed by atoms with Gasteiger partial charge in [0.05, 0.1) is 0 Å². The lowest BCUT2D eigenvalue weighted by Gasteiger charge is -1.95. The Hall–Kier alpha value is -1.18. The summed E-state index contributed by atoms with van der Waals surface area (Å²) in [5.74, 6) is -0.208. The highest BCUT2D eigenvalue weighted by molar-refractivity contribution is 5.21. The van der Waals surface area contributed by atoms with Crippen LogP contribution in [-0.2, 0) is 0 Å². The molecule has 0 aliphatic rings. The largest absolute Gasteiger partial charge is 0.504 e. The summed E-state index contributed by atoms with van der Waals surface area (Å²) >= 11 is 0. The molecule has 0 atom stereocenters. The molecule has 62 valence electrons. The summed E-state index contributed by atoms with van der Waals surface area (Å²) in [4.78, 5) is 0. The van der Waals surface area contributed by atoms with Crippen LogP contribution in [-0.4, -0.2) is 10.2 Å². The van der Waals surface area contributed by atoms with Crippen molar-refractivity contribution < 1.29 is 10.2 Å². The first kappa shape index (κ1) is 9.82. The molecule has 0 spiro atoms. The Labute approximate surface area is 67.2 Å². The number of rotatable bonds is 4. The molecule has 0 aliphatic heterocycles. The Bertz CT molecular complexity index is 178. The maximum atomic E-state index is 9.07. The highest BCUT2D eigenvalue weighted by Gasteiger charge is 1.95. The molecule has 0 unspecified atom stereocenters. The summed E-state index contributed by atoms with van der Waals surface area (Å²) in [7, 11) is 0. The van der Waals surface area contributed by atoms with E-state index in [9.17, 15) is 0 Å². The van der Waals surface area contributed by atoms with E-state index in [0.717, 1.165) is 12.8 Å². The second-order valence-electron chi connectivity index (χ2n) is 2.17. The van der Waals surface area contributed by atoms with E-state index in [0.29, 0.717) is 0 Å². The zero-order valence-corrected chi connectivity index (χ0v) is 6.75. The first-order valence-corrected chi connectivity index (χ1v) is 3.63. The number of aliphatic hydroxyl groups is 2. The monoisotopic (exact) mass is 154 g/mol. The number of aliphatic hydroxyl groups excluding tert-OH is 2. The molecule has 0 radical (unpaired) electrons. The Morgan fingerprint density at radius 3 is 2.45 bits per heavy atom. The minimum atomic E-state index is -0.131. The maximum Gasteiger partial charge on any atom is 0.157 e. The average molecular weight is 154 g/mol. The van der Waals surface area contributed by atoms with E-state index >= 15 is 0 Å². The second-order valence-corrected chi connectivity index (χ2v) is 2.17. The molecule has 0 aromatic carbocycles. The molecule has 0 aliphatic carbocycles. The third-order valence-corrected chi connectivity index (χ3v) is 1.16. The molecule has 0 bridgehead atoms. The van der Waals surface area contributed by atoms with Crippen LogP contribution < -0.4 is 0 Å². The van der Waals surface area contributed by atoms with Gasteiger partial charge in [0.2, 0.25) is 0 Å². The van der Waals surface area contributed by atoms with E-state index < -0.39 is 0 Å². The summed E-state index contributed by atoms with van der Waals surface area (Å²) in [5, 5.41) is 18.1. The molecular weight excluding hydrogens is 140 g/mol. The van der Waals surface area contributed by atoms with Gasteiger partial charge in [0.1, 0.15) is 0 Å². The first-order chi connectivity index (χ1) is 5.22. The topological polar surface area (TPSA) is 40.5 Å². The fraction of sp³-hybridized carbons (Fsp3) is 0.333. The third-order valence-electron chi connectivity index (χ3n) is 1.16. The lowest BCUT2D eigenvalue weighted by Crippen LogP contribution is -1.85. The second kappa shape index (κ2) is 5.59. The molecule has 2 nitrogen and oxygen atoms in total. The van der Waals surface area contributed by atoms with Gasteiger partial charge in [-0.25, -0.2) is 0 Å². The van der Waals surface area contributed by atoms with Gasteiger partial charge in [0, 0.05) is 0 Å². The van der Waals surface area contributed by atoms with Crippen LogP contribution in [0.4, 0.5) is 0 Å². The average Bonchev–Trinajstić information content (AvgIpc) is 2.00. The van der Waals surface area contributed by atoms with Crippen LogP contribution in [0.5, 0.6) is 0 Å². The van der Waals surface area contributed by atoms with E-state index in [1.165, 1.54) is 12.2 Å². The van der Waals surface area contributed by atoms with Crippen molar-refractivity contribution in [3.63, 3.8) is 0 Å². The SMILES string of the molecule is C=C/C=C(O)\C(O)=C/CCC. The highest BCUT2D eigenvalue weighted by atomic mass is 16.3. The Morgan fingerprint density at radius 1 is 1.36 bits per heavy atom. The van der Waals surface area contributed by atoms with Gasteiger partial charge in [0.15, 0.2) is 11.5 Å². The third kappa shape index (κ3) is 4.25. The molecule has 0 amide bonds. The predicted octanol–water partition coefficient (Wildman–Crippen LogP) is 2.86. The van der Waals surface area contributed by atoms with Crippen molar-refractivity contribution >= 4 is 0 Å². The van der Waals surface area contributed by atoms with Crippen molar-refractivity contribution in [1.82, 2.24) is 0 Å². The molecule has 0 aromatic rings. The fourth-order valence-electron chi connectivity index (χ4n) is 0.583. The van der Waals surface area contributed by atoms with Gasteiger partial charge in [-0.15, -0.1) is 0 Å². The minimum absolute atomic E-state index is 0.0771. The molecule has 2 heteroatoms. The number of unbranched alkanes of at least 4 members (excludes halogenated alkanes) is 1. The van der Waals surface area contributed by atoms with Gasteiger partial charge in [-0.2, -0.15) is 0 Å². The molecule has 0 aromatic heterocycles. The zero-order chi connectivity index (χ0) is 8.69. The molecule has 0 heterocycles. The van der Waals surface area contributed by atoms with Gasteiger partial charge in [-0.1, -0.05) is 26.0 Å². The van der Waals surface area contributed by atoms with Gasteiger partial charge < -0.3 is 10.2 Å². The van der Waals surface area contributed by atoms with E-state index in [1.54, 1.807) is 6.08 Å². The fourth-order valence-corrected chi connectivity index (χ4v) is 0.583. The van der Waals surface area contributed by atoms with Crippen LogP contribution in [0.15, 0.2) is 36.3 Å². The molecule has 11 heavy (non-hydrogen) atoms. The van der Waals surface area contributed by atoms with Crippen LogP contribution in [0.3, 0.4) is 0 Å². The van der Waals surface area contributed by atoms with Gasteiger partial charge in [-0.3, -0.25) is 0 Å². The van der Waals surface area contributed by atoms with Crippen LogP contribution in [0.1, 0.15) is 19.8 Å². The number of allylic oxidation sites excluding steroid dienone is 3. The first-order valence-electron chi connectivity index (χ1n) is 3.63. The summed E-state index contributed by atoms with van der Waals surface area (Å²) in [5.41, 5.74) is 0. The summed E-state index contributed by atoms with van der Waals surface area (Å²) in [6, 6.07) is 0. The van der Waals surface area contributed by atoms with E-state index in [1.807, 2.05) is 6.92 Å². The minimum Gasteiger partial charge on any atom is -0.504 e.